The van der Waals surface area contributed by atoms with Gasteiger partial charge in [-0.25, -0.2) is 0 Å². The zero-order valence-corrected chi connectivity index (χ0v) is 14.5. The minimum atomic E-state index is -0.166. The molecule has 2 atom stereocenters. The van der Waals surface area contributed by atoms with Crippen molar-refractivity contribution in [1.29, 1.82) is 0 Å². The van der Waals surface area contributed by atoms with E-state index in [2.05, 4.69) is 31.3 Å². The summed E-state index contributed by atoms with van der Waals surface area (Å²) in [5, 5.41) is 3.58. The first-order chi connectivity index (χ1) is 12.1. The summed E-state index contributed by atoms with van der Waals surface area (Å²) in [6.07, 6.45) is 1.61. The molecule has 0 spiro atoms. The lowest BCUT2D eigenvalue weighted by molar-refractivity contribution is 0.0555. The summed E-state index contributed by atoms with van der Waals surface area (Å²) < 4.78 is 0. The van der Waals surface area contributed by atoms with Crippen molar-refractivity contribution in [2.75, 3.05) is 5.32 Å². The number of fused-ring (bicyclic) bond motifs is 2. The molecule has 0 radical (unpaired) electrons. The second-order valence-corrected chi connectivity index (χ2v) is 7.33. The lowest BCUT2D eigenvalue weighted by Gasteiger charge is -2.39. The van der Waals surface area contributed by atoms with Crippen LogP contribution in [-0.2, 0) is 6.42 Å². The lowest BCUT2D eigenvalue weighted by Crippen LogP contribution is -2.53. The van der Waals surface area contributed by atoms with E-state index in [1.165, 1.54) is 4.90 Å². The number of anilines is 1. The maximum atomic E-state index is 12.9. The number of rotatable bonds is 3. The molecule has 2 aliphatic heterocycles. The third-order valence-corrected chi connectivity index (χ3v) is 5.13. The Balaban J connectivity index is 1.73. The number of hydrogen-bond acceptors (Lipinski definition) is 3. The van der Waals surface area contributed by atoms with Gasteiger partial charge in [0, 0.05) is 11.7 Å². The second kappa shape index (κ2) is 6.03. The minimum Gasteiger partial charge on any atom is -0.380 e. The number of imide groups is 1. The van der Waals surface area contributed by atoms with Gasteiger partial charge >= 0.3 is 0 Å². The molecule has 128 valence electrons. The van der Waals surface area contributed by atoms with Crippen LogP contribution in [0.5, 0.6) is 0 Å². The maximum absolute atomic E-state index is 12.9. The fourth-order valence-corrected chi connectivity index (χ4v) is 4.01. The van der Waals surface area contributed by atoms with Gasteiger partial charge in [-0.05, 0) is 42.5 Å². The molecule has 4 heteroatoms. The molecule has 2 heterocycles. The van der Waals surface area contributed by atoms with Gasteiger partial charge in [-0.2, -0.15) is 0 Å². The SMILES string of the molecule is CC(C)C[C@H]1Nc2ccccc2C[C@H]1N1C(=O)c2ccccc2C1=O. The van der Waals surface area contributed by atoms with Crippen LogP contribution < -0.4 is 5.32 Å². The Morgan fingerprint density at radius 2 is 1.60 bits per heavy atom. The largest absolute Gasteiger partial charge is 0.380 e. The van der Waals surface area contributed by atoms with Gasteiger partial charge in [0.05, 0.1) is 17.2 Å². The third-order valence-electron chi connectivity index (χ3n) is 5.13. The highest BCUT2D eigenvalue weighted by atomic mass is 16.2. The number of amides is 2. The molecule has 2 aromatic carbocycles. The molecule has 2 aliphatic rings. The molecular weight excluding hydrogens is 312 g/mol. The van der Waals surface area contributed by atoms with Crippen molar-refractivity contribution < 1.29 is 9.59 Å². The Bertz CT molecular complexity index is 808. The predicted octanol–water partition coefficient (Wildman–Crippen LogP) is 3.73. The van der Waals surface area contributed by atoms with Gasteiger partial charge in [0.1, 0.15) is 0 Å². The first-order valence-electron chi connectivity index (χ1n) is 8.87. The summed E-state index contributed by atoms with van der Waals surface area (Å²) in [5.41, 5.74) is 3.31. The smallest absolute Gasteiger partial charge is 0.261 e. The van der Waals surface area contributed by atoms with Crippen molar-refractivity contribution in [3.8, 4) is 0 Å². The van der Waals surface area contributed by atoms with Crippen LogP contribution >= 0.6 is 0 Å². The Morgan fingerprint density at radius 1 is 1.00 bits per heavy atom. The Hall–Kier alpha value is -2.62. The van der Waals surface area contributed by atoms with Crippen molar-refractivity contribution in [3.05, 3.63) is 65.2 Å². The Morgan fingerprint density at radius 3 is 2.24 bits per heavy atom. The monoisotopic (exact) mass is 334 g/mol. The van der Waals surface area contributed by atoms with E-state index in [-0.39, 0.29) is 23.9 Å². The molecule has 2 amide bonds. The number of carbonyl (C=O) groups is 2. The van der Waals surface area contributed by atoms with E-state index in [1.54, 1.807) is 12.1 Å². The van der Waals surface area contributed by atoms with Crippen LogP contribution in [0.3, 0.4) is 0 Å². The highest BCUT2D eigenvalue weighted by Crippen LogP contribution is 2.34. The van der Waals surface area contributed by atoms with Gasteiger partial charge in [0.2, 0.25) is 0 Å². The molecule has 1 N–H and O–H groups in total. The van der Waals surface area contributed by atoms with E-state index >= 15 is 0 Å². The summed E-state index contributed by atoms with van der Waals surface area (Å²) >= 11 is 0. The molecule has 25 heavy (non-hydrogen) atoms. The van der Waals surface area contributed by atoms with Crippen LogP contribution in [0.25, 0.3) is 0 Å². The predicted molar refractivity (Wildman–Crippen MR) is 97.7 cm³/mol. The van der Waals surface area contributed by atoms with E-state index in [1.807, 2.05) is 24.3 Å². The minimum absolute atomic E-state index is 0.0668. The van der Waals surface area contributed by atoms with Crippen LogP contribution in [0.4, 0.5) is 5.69 Å². The summed E-state index contributed by atoms with van der Waals surface area (Å²) in [5.74, 6) is 0.140. The average molecular weight is 334 g/mol. The first-order valence-corrected chi connectivity index (χ1v) is 8.87. The highest BCUT2D eigenvalue weighted by Gasteiger charge is 2.44. The number of carbonyl (C=O) groups excluding carboxylic acids is 2. The van der Waals surface area contributed by atoms with Crippen LogP contribution in [0.2, 0.25) is 0 Å². The van der Waals surface area contributed by atoms with Crippen LogP contribution in [-0.4, -0.2) is 28.8 Å². The zero-order chi connectivity index (χ0) is 17.6. The first kappa shape index (κ1) is 15.9. The molecule has 0 saturated carbocycles. The second-order valence-electron chi connectivity index (χ2n) is 7.33. The van der Waals surface area contributed by atoms with Crippen molar-refractivity contribution in [2.45, 2.75) is 38.8 Å². The van der Waals surface area contributed by atoms with Crippen molar-refractivity contribution in [2.24, 2.45) is 5.92 Å². The quantitative estimate of drug-likeness (QED) is 0.870. The molecule has 0 aliphatic carbocycles. The number of para-hydroxylation sites is 1. The lowest BCUT2D eigenvalue weighted by atomic mass is 9.87. The number of benzene rings is 2. The van der Waals surface area contributed by atoms with Crippen molar-refractivity contribution in [3.63, 3.8) is 0 Å². The van der Waals surface area contributed by atoms with Crippen LogP contribution in [0.15, 0.2) is 48.5 Å². The number of nitrogens with one attached hydrogen (secondary N) is 1. The highest BCUT2D eigenvalue weighted by molar-refractivity contribution is 6.21. The molecule has 0 fully saturated rings. The third kappa shape index (κ3) is 2.62. The van der Waals surface area contributed by atoms with Gasteiger partial charge in [0.15, 0.2) is 0 Å². The molecule has 0 saturated heterocycles. The van der Waals surface area contributed by atoms with E-state index in [9.17, 15) is 9.59 Å². The van der Waals surface area contributed by atoms with Gasteiger partial charge in [-0.3, -0.25) is 14.5 Å². The summed E-state index contributed by atoms with van der Waals surface area (Å²) in [7, 11) is 0. The van der Waals surface area contributed by atoms with E-state index in [0.29, 0.717) is 23.5 Å². The zero-order valence-electron chi connectivity index (χ0n) is 14.5. The molecule has 0 aromatic heterocycles. The van der Waals surface area contributed by atoms with Gasteiger partial charge in [0.25, 0.3) is 11.8 Å². The van der Waals surface area contributed by atoms with E-state index in [4.69, 9.17) is 0 Å². The van der Waals surface area contributed by atoms with Crippen LogP contribution in [0.1, 0.15) is 46.5 Å². The Kier molecular flexibility index (Phi) is 3.83. The Labute approximate surface area is 147 Å². The van der Waals surface area contributed by atoms with Gasteiger partial charge in [-0.1, -0.05) is 44.2 Å². The molecule has 4 nitrogen and oxygen atoms in total. The number of hydrogen-bond donors (Lipinski definition) is 1. The normalized spacial score (nSPS) is 22.0. The van der Waals surface area contributed by atoms with Crippen LogP contribution in [0, 0.1) is 5.92 Å². The van der Waals surface area contributed by atoms with E-state index < -0.39 is 0 Å². The van der Waals surface area contributed by atoms with Crippen molar-refractivity contribution in [1.82, 2.24) is 4.90 Å². The summed E-state index contributed by atoms with van der Waals surface area (Å²) in [6, 6.07) is 15.2. The number of nitrogens with zero attached hydrogens (tertiary/aromatic N) is 1. The summed E-state index contributed by atoms with van der Waals surface area (Å²) in [4.78, 5) is 27.3. The molecular formula is C21H22N2O2. The van der Waals surface area contributed by atoms with Gasteiger partial charge < -0.3 is 5.32 Å². The fraction of sp³-hybridized carbons (Fsp3) is 0.333. The molecule has 0 bridgehead atoms. The molecule has 4 rings (SSSR count). The topological polar surface area (TPSA) is 49.4 Å². The van der Waals surface area contributed by atoms with Crippen molar-refractivity contribution >= 4 is 17.5 Å². The standard InChI is InChI=1S/C21H22N2O2/c1-13(2)11-18-19(12-14-7-3-6-10-17(14)22-18)23-20(24)15-8-4-5-9-16(15)21(23)25/h3-10,13,18-19,22H,11-12H2,1-2H3/t18-,19-/m1/s1. The molecule has 0 unspecified atom stereocenters. The maximum Gasteiger partial charge on any atom is 0.261 e. The van der Waals surface area contributed by atoms with Gasteiger partial charge in [-0.15, -0.1) is 0 Å². The molecule has 2 aromatic rings. The fourth-order valence-electron chi connectivity index (χ4n) is 4.01. The van der Waals surface area contributed by atoms with E-state index in [0.717, 1.165) is 17.7 Å². The average Bonchev–Trinajstić information content (AvgIpc) is 2.85. The summed E-state index contributed by atoms with van der Waals surface area (Å²) in [6.45, 7) is 4.34.